The van der Waals surface area contributed by atoms with Crippen LogP contribution in [-0.4, -0.2) is 39.6 Å². The summed E-state index contributed by atoms with van der Waals surface area (Å²) in [6.07, 6.45) is -0.0847. The second-order valence-electron chi connectivity index (χ2n) is 11.7. The predicted octanol–water partition coefficient (Wildman–Crippen LogP) is 7.67. The van der Waals surface area contributed by atoms with E-state index < -0.39 is 17.8 Å². The monoisotopic (exact) mass is 562 g/mol. The maximum absolute atomic E-state index is 12.8. The molecule has 1 N–H and O–H groups in total. The molecule has 0 saturated heterocycles. The second kappa shape index (κ2) is 15.2. The van der Waals surface area contributed by atoms with E-state index in [-0.39, 0.29) is 12.5 Å². The van der Waals surface area contributed by atoms with Crippen LogP contribution in [0.5, 0.6) is 0 Å². The van der Waals surface area contributed by atoms with Gasteiger partial charge in [0.1, 0.15) is 5.60 Å². The zero-order valence-electron chi connectivity index (χ0n) is 24.9. The Hall–Kier alpha value is -4.06. The molecule has 2 atom stereocenters. The summed E-state index contributed by atoms with van der Waals surface area (Å²) in [5, 5.41) is 12.0. The molecule has 0 aliphatic heterocycles. The van der Waals surface area contributed by atoms with Gasteiger partial charge in [0.2, 0.25) is 0 Å². The Bertz CT molecular complexity index is 1340. The van der Waals surface area contributed by atoms with Crippen molar-refractivity contribution in [2.24, 2.45) is 4.99 Å². The van der Waals surface area contributed by atoms with Gasteiger partial charge in [0.25, 0.3) is 0 Å². The van der Waals surface area contributed by atoms with Crippen molar-refractivity contribution in [3.63, 3.8) is 0 Å². The van der Waals surface area contributed by atoms with E-state index in [0.29, 0.717) is 31.6 Å². The third-order valence-electron chi connectivity index (χ3n) is 7.00. The van der Waals surface area contributed by atoms with Crippen LogP contribution < -0.4 is 0 Å². The highest BCUT2D eigenvalue weighted by molar-refractivity contribution is 5.95. The Kier molecular flexibility index (Phi) is 11.2. The predicted molar refractivity (Wildman–Crippen MR) is 171 cm³/mol. The van der Waals surface area contributed by atoms with Crippen molar-refractivity contribution >= 4 is 11.8 Å². The average Bonchev–Trinajstić information content (AvgIpc) is 2.96. The Balaban J connectivity index is 1.68. The van der Waals surface area contributed by atoms with E-state index in [1.54, 1.807) is 0 Å². The molecule has 42 heavy (non-hydrogen) atoms. The largest absolute Gasteiger partial charge is 0.442 e. The van der Waals surface area contributed by atoms with E-state index in [2.05, 4.69) is 46.3 Å². The number of benzene rings is 4. The molecule has 5 heteroatoms. The van der Waals surface area contributed by atoms with Crippen molar-refractivity contribution < 1.29 is 14.6 Å². The summed E-state index contributed by atoms with van der Waals surface area (Å²) >= 11 is 0. The zero-order valence-corrected chi connectivity index (χ0v) is 24.9. The Labute approximate surface area is 250 Å². The summed E-state index contributed by atoms with van der Waals surface area (Å²) in [5.74, 6) is 0. The molecule has 0 aliphatic carbocycles. The number of carbonyl (C=O) groups excluding carboxylic acids is 1. The molecule has 0 spiro atoms. The van der Waals surface area contributed by atoms with Gasteiger partial charge in [0, 0.05) is 37.7 Å². The van der Waals surface area contributed by atoms with Crippen molar-refractivity contribution in [3.8, 4) is 0 Å². The summed E-state index contributed by atoms with van der Waals surface area (Å²) in [5.41, 5.74) is 4.45. The fraction of sp³-hybridized carbons (Fsp3) is 0.297. The normalized spacial score (nSPS) is 13.5. The van der Waals surface area contributed by atoms with E-state index in [1.165, 1.54) is 11.1 Å². The van der Waals surface area contributed by atoms with Gasteiger partial charge in [-0.1, -0.05) is 121 Å². The van der Waals surface area contributed by atoms with Crippen LogP contribution in [0.25, 0.3) is 0 Å². The molecule has 5 nitrogen and oxygen atoms in total. The highest BCUT2D eigenvalue weighted by Gasteiger charge is 2.29. The highest BCUT2D eigenvalue weighted by Crippen LogP contribution is 2.22. The Morgan fingerprint density at radius 3 is 1.60 bits per heavy atom. The number of nitrogens with zero attached hydrogens (tertiary/aromatic N) is 2. The first-order valence-corrected chi connectivity index (χ1v) is 14.6. The quantitative estimate of drug-likeness (QED) is 0.180. The summed E-state index contributed by atoms with van der Waals surface area (Å²) in [6.45, 7) is 6.82. The summed E-state index contributed by atoms with van der Waals surface area (Å²) in [7, 11) is 0. The molecule has 218 valence electrons. The van der Waals surface area contributed by atoms with Crippen molar-refractivity contribution in [2.45, 2.75) is 70.9 Å². The minimum absolute atomic E-state index is 0.242. The lowest BCUT2D eigenvalue weighted by Gasteiger charge is -2.36. The lowest BCUT2D eigenvalue weighted by atomic mass is 9.93. The van der Waals surface area contributed by atoms with Crippen molar-refractivity contribution in [1.29, 1.82) is 0 Å². The third kappa shape index (κ3) is 10.4. The maximum Gasteiger partial charge on any atom is 0.434 e. The molecule has 1 amide bonds. The number of amides is 1. The first-order chi connectivity index (χ1) is 20.2. The van der Waals surface area contributed by atoms with Crippen LogP contribution in [0.2, 0.25) is 0 Å². The molecule has 0 radical (unpaired) electrons. The lowest BCUT2D eigenvalue weighted by molar-refractivity contribution is 0.0431. The molecule has 0 bridgehead atoms. The number of carbonyl (C=O) groups is 1. The van der Waals surface area contributed by atoms with Crippen LogP contribution in [0, 0.1) is 0 Å². The van der Waals surface area contributed by atoms with Gasteiger partial charge in [-0.05, 0) is 49.4 Å². The van der Waals surface area contributed by atoms with Gasteiger partial charge in [-0.15, -0.1) is 0 Å². The molecule has 4 rings (SSSR count). The molecular weight excluding hydrogens is 520 g/mol. The molecule has 0 saturated carbocycles. The Morgan fingerprint density at radius 2 is 1.14 bits per heavy atom. The van der Waals surface area contributed by atoms with Gasteiger partial charge >= 0.3 is 6.09 Å². The molecule has 0 aliphatic rings. The molecule has 0 unspecified atom stereocenters. The van der Waals surface area contributed by atoms with E-state index in [0.717, 1.165) is 11.1 Å². The van der Waals surface area contributed by atoms with Crippen LogP contribution in [0.1, 0.15) is 49.4 Å². The lowest BCUT2D eigenvalue weighted by Crippen LogP contribution is -2.45. The molecule has 4 aromatic rings. The fourth-order valence-electron chi connectivity index (χ4n) is 5.07. The number of aliphatic imine (C=N–C) groups is 1. The van der Waals surface area contributed by atoms with Gasteiger partial charge in [-0.2, -0.15) is 4.99 Å². The van der Waals surface area contributed by atoms with Crippen LogP contribution in [-0.2, 0) is 30.7 Å². The van der Waals surface area contributed by atoms with Gasteiger partial charge in [-0.25, -0.2) is 4.79 Å². The fourth-order valence-corrected chi connectivity index (χ4v) is 5.07. The first kappa shape index (κ1) is 30.9. The van der Waals surface area contributed by atoms with Crippen LogP contribution in [0.15, 0.2) is 126 Å². The maximum atomic E-state index is 12.8. The minimum atomic E-state index is -0.789. The Morgan fingerprint density at radius 1 is 0.714 bits per heavy atom. The smallest absolute Gasteiger partial charge is 0.434 e. The minimum Gasteiger partial charge on any atom is -0.442 e. The molecule has 0 heterocycles. The highest BCUT2D eigenvalue weighted by atomic mass is 16.6. The van der Waals surface area contributed by atoms with Gasteiger partial charge in [-0.3, -0.25) is 4.90 Å². The average molecular weight is 563 g/mol. The molecule has 0 aromatic heterocycles. The number of aliphatic hydroxyl groups is 1. The summed E-state index contributed by atoms with van der Waals surface area (Å²) < 4.78 is 5.53. The van der Waals surface area contributed by atoms with Gasteiger partial charge in [0.15, 0.2) is 0 Å². The standard InChI is InChI=1S/C37H42N2O3/c1-37(2,3)42-36(41)38-33(24-29-16-8-4-9-17-29)26-35(40)34(25-30-18-10-5-11-19-30)39(27-31-20-12-6-13-21-31)28-32-22-14-7-15-23-32/h4-23,34-35,40H,24-28H2,1-3H3/t34-,35-/m0/s1. The van der Waals surface area contributed by atoms with Crippen LogP contribution in [0.3, 0.4) is 0 Å². The van der Waals surface area contributed by atoms with Crippen molar-refractivity contribution in [1.82, 2.24) is 4.90 Å². The van der Waals surface area contributed by atoms with Crippen molar-refractivity contribution in [3.05, 3.63) is 144 Å². The number of ether oxygens (including phenoxy) is 1. The molecular formula is C37H42N2O3. The topological polar surface area (TPSA) is 62.1 Å². The third-order valence-corrected chi connectivity index (χ3v) is 7.00. The summed E-state index contributed by atoms with van der Waals surface area (Å²) in [4.78, 5) is 19.6. The first-order valence-electron chi connectivity index (χ1n) is 14.6. The van der Waals surface area contributed by atoms with Crippen LogP contribution in [0.4, 0.5) is 4.79 Å². The molecule has 4 aromatic carbocycles. The second-order valence-corrected chi connectivity index (χ2v) is 11.7. The van der Waals surface area contributed by atoms with Crippen LogP contribution >= 0.6 is 0 Å². The van der Waals surface area contributed by atoms with E-state index in [4.69, 9.17) is 4.74 Å². The van der Waals surface area contributed by atoms with E-state index in [1.807, 2.05) is 106 Å². The zero-order chi connectivity index (χ0) is 29.8. The van der Waals surface area contributed by atoms with Gasteiger partial charge in [0.05, 0.1) is 6.10 Å². The molecule has 0 fully saturated rings. The SMILES string of the molecule is CC(C)(C)OC(=O)N=C(Cc1ccccc1)C[C@H](O)[C@H](Cc1ccccc1)N(Cc1ccccc1)Cc1ccccc1. The van der Waals surface area contributed by atoms with E-state index in [9.17, 15) is 9.90 Å². The number of hydrogen-bond acceptors (Lipinski definition) is 4. The number of hydrogen-bond donors (Lipinski definition) is 1. The summed E-state index contributed by atoms with van der Waals surface area (Å²) in [6, 6.07) is 40.6. The number of aliphatic hydroxyl groups excluding tert-OH is 1. The van der Waals surface area contributed by atoms with Gasteiger partial charge < -0.3 is 9.84 Å². The van der Waals surface area contributed by atoms with E-state index >= 15 is 0 Å². The number of rotatable bonds is 12. The van der Waals surface area contributed by atoms with Crippen molar-refractivity contribution in [2.75, 3.05) is 0 Å².